The fourth-order valence-corrected chi connectivity index (χ4v) is 3.84. The zero-order chi connectivity index (χ0) is 18.0. The molecule has 2 aromatic rings. The summed E-state index contributed by atoms with van der Waals surface area (Å²) in [4.78, 5) is 0. The molecular formula is C21H19Cl2NO. The van der Waals surface area contributed by atoms with Gasteiger partial charge in [0.15, 0.2) is 0 Å². The van der Waals surface area contributed by atoms with Crippen molar-refractivity contribution in [3.8, 4) is 17.6 Å². The summed E-state index contributed by atoms with van der Waals surface area (Å²) in [6.07, 6.45) is 1.85. The number of ether oxygens (including phenoxy) is 1. The Morgan fingerprint density at radius 2 is 1.80 bits per heavy atom. The normalized spacial score (nSPS) is 21.7. The predicted octanol–water partition coefficient (Wildman–Crippen LogP) is 6.68. The molecule has 128 valence electrons. The Bertz CT molecular complexity index is 819. The van der Waals surface area contributed by atoms with E-state index < -0.39 is 0 Å². The molecule has 1 aliphatic carbocycles. The third kappa shape index (κ3) is 3.84. The first-order valence-corrected chi connectivity index (χ1v) is 8.94. The average Bonchev–Trinajstić information content (AvgIpc) is 3.09. The molecule has 3 rings (SSSR count). The van der Waals surface area contributed by atoms with Gasteiger partial charge in [0.1, 0.15) is 16.0 Å². The van der Waals surface area contributed by atoms with E-state index in [1.54, 1.807) is 0 Å². The molecule has 4 heteroatoms. The molecular weight excluding hydrogens is 353 g/mol. The summed E-state index contributed by atoms with van der Waals surface area (Å²) >= 11 is 11.7. The second-order valence-electron chi connectivity index (χ2n) is 6.92. The molecule has 0 N–H and O–H groups in total. The molecule has 0 aromatic heterocycles. The van der Waals surface area contributed by atoms with Crippen LogP contribution < -0.4 is 4.74 Å². The van der Waals surface area contributed by atoms with Crippen LogP contribution in [0.25, 0.3) is 0 Å². The molecule has 0 aliphatic heterocycles. The predicted molar refractivity (Wildman–Crippen MR) is 102 cm³/mol. The second kappa shape index (κ2) is 7.12. The first kappa shape index (κ1) is 17.9. The number of nitrogens with zero attached hydrogens (tertiary/aromatic N) is 1. The van der Waals surface area contributed by atoms with Crippen molar-refractivity contribution >= 4 is 23.2 Å². The Labute approximate surface area is 158 Å². The van der Waals surface area contributed by atoms with Gasteiger partial charge in [-0.2, -0.15) is 5.26 Å². The Morgan fingerprint density at radius 1 is 1.12 bits per heavy atom. The zero-order valence-electron chi connectivity index (χ0n) is 14.1. The maximum atomic E-state index is 9.78. The van der Waals surface area contributed by atoms with E-state index in [2.05, 4.69) is 19.9 Å². The molecule has 1 saturated carbocycles. The molecule has 0 unspecified atom stereocenters. The van der Waals surface area contributed by atoms with E-state index >= 15 is 0 Å². The van der Waals surface area contributed by atoms with Gasteiger partial charge in [0.25, 0.3) is 0 Å². The first-order valence-electron chi connectivity index (χ1n) is 8.19. The number of hydrogen-bond acceptors (Lipinski definition) is 2. The van der Waals surface area contributed by atoms with Crippen LogP contribution in [0.15, 0.2) is 65.2 Å². The average molecular weight is 372 g/mol. The smallest absolute Gasteiger partial charge is 0.127 e. The number of para-hydroxylation sites is 1. The van der Waals surface area contributed by atoms with Gasteiger partial charge >= 0.3 is 0 Å². The molecule has 0 bridgehead atoms. The van der Waals surface area contributed by atoms with E-state index in [4.69, 9.17) is 27.9 Å². The third-order valence-electron chi connectivity index (χ3n) is 5.00. The number of rotatable bonds is 5. The van der Waals surface area contributed by atoms with Gasteiger partial charge in [-0.25, -0.2) is 0 Å². The topological polar surface area (TPSA) is 33.0 Å². The van der Waals surface area contributed by atoms with Crippen molar-refractivity contribution in [2.45, 2.75) is 19.8 Å². The van der Waals surface area contributed by atoms with Gasteiger partial charge in [-0.1, -0.05) is 73.5 Å². The number of benzene rings is 2. The number of allylic oxidation sites excluding steroid dienone is 1. The van der Waals surface area contributed by atoms with E-state index in [1.165, 1.54) is 0 Å². The lowest BCUT2D eigenvalue weighted by Gasteiger charge is -2.13. The van der Waals surface area contributed by atoms with Crippen LogP contribution in [0.2, 0.25) is 0 Å². The van der Waals surface area contributed by atoms with Crippen molar-refractivity contribution in [2.24, 2.45) is 17.3 Å². The lowest BCUT2D eigenvalue weighted by molar-refractivity contribution is 0.479. The minimum Gasteiger partial charge on any atom is -0.457 e. The SMILES string of the molecule is CC1(C)[C@@H]([C@@H](C#N)c2cccc(Oc3ccccc3)c2)[C@H]1C=C(Cl)Cl. The maximum absolute atomic E-state index is 9.78. The Kier molecular flexibility index (Phi) is 5.08. The van der Waals surface area contributed by atoms with E-state index in [-0.39, 0.29) is 27.7 Å². The third-order valence-corrected chi connectivity index (χ3v) is 5.25. The molecule has 2 nitrogen and oxygen atoms in total. The number of nitriles is 1. The maximum Gasteiger partial charge on any atom is 0.127 e. The van der Waals surface area contributed by atoms with E-state index in [0.29, 0.717) is 0 Å². The van der Waals surface area contributed by atoms with Gasteiger partial charge in [0.05, 0.1) is 12.0 Å². The van der Waals surface area contributed by atoms with Crippen LogP contribution in [-0.4, -0.2) is 0 Å². The fraction of sp³-hybridized carbons (Fsp3) is 0.286. The van der Waals surface area contributed by atoms with Gasteiger partial charge in [-0.15, -0.1) is 0 Å². The summed E-state index contributed by atoms with van der Waals surface area (Å²) in [6.45, 7) is 4.29. The molecule has 25 heavy (non-hydrogen) atoms. The molecule has 0 radical (unpaired) electrons. The molecule has 1 aliphatic rings. The van der Waals surface area contributed by atoms with Crippen LogP contribution in [0.1, 0.15) is 25.3 Å². The Hall–Kier alpha value is -1.95. The highest BCUT2D eigenvalue weighted by molar-refractivity contribution is 6.55. The van der Waals surface area contributed by atoms with Gasteiger partial charge in [-0.05, 0) is 47.1 Å². The van der Waals surface area contributed by atoms with Crippen LogP contribution in [0.4, 0.5) is 0 Å². The van der Waals surface area contributed by atoms with Crippen molar-refractivity contribution in [3.63, 3.8) is 0 Å². The monoisotopic (exact) mass is 371 g/mol. The molecule has 1 fully saturated rings. The highest BCUT2D eigenvalue weighted by Gasteiger charge is 2.60. The first-order chi connectivity index (χ1) is 11.9. The largest absolute Gasteiger partial charge is 0.457 e. The van der Waals surface area contributed by atoms with Crippen LogP contribution >= 0.6 is 23.2 Å². The van der Waals surface area contributed by atoms with E-state index in [0.717, 1.165) is 17.1 Å². The minimum absolute atomic E-state index is 0.00822. The Balaban J connectivity index is 1.84. The summed E-state index contributed by atoms with van der Waals surface area (Å²) in [5, 5.41) is 9.78. The standard InChI is InChI=1S/C21H19Cl2NO/c1-21(2)18(12-19(22)23)20(21)17(13-24)14-7-6-10-16(11-14)25-15-8-4-3-5-9-15/h3-12,17-18,20H,1-2H3/t17-,18+,20-/m0/s1. The molecule has 3 atom stereocenters. The lowest BCUT2D eigenvalue weighted by Crippen LogP contribution is -2.03. The Morgan fingerprint density at radius 3 is 2.44 bits per heavy atom. The molecule has 0 amide bonds. The van der Waals surface area contributed by atoms with Crippen molar-refractivity contribution in [1.82, 2.24) is 0 Å². The molecule has 2 aromatic carbocycles. The highest BCUT2D eigenvalue weighted by atomic mass is 35.5. The minimum atomic E-state index is -0.233. The fourth-order valence-electron chi connectivity index (χ4n) is 3.57. The van der Waals surface area contributed by atoms with Crippen molar-refractivity contribution in [2.75, 3.05) is 0 Å². The lowest BCUT2D eigenvalue weighted by atomic mass is 9.91. The van der Waals surface area contributed by atoms with Crippen LogP contribution in [-0.2, 0) is 0 Å². The van der Waals surface area contributed by atoms with Crippen LogP contribution in [0, 0.1) is 28.6 Å². The number of hydrogen-bond donors (Lipinski definition) is 0. The number of halogens is 2. The van der Waals surface area contributed by atoms with Gasteiger partial charge in [0.2, 0.25) is 0 Å². The summed E-state index contributed by atoms with van der Waals surface area (Å²) in [5.41, 5.74) is 0.946. The highest BCUT2D eigenvalue weighted by Crippen LogP contribution is 2.65. The van der Waals surface area contributed by atoms with Crippen LogP contribution in [0.5, 0.6) is 11.5 Å². The van der Waals surface area contributed by atoms with E-state index in [1.807, 2.05) is 60.7 Å². The van der Waals surface area contributed by atoms with Gasteiger partial charge < -0.3 is 4.74 Å². The quantitative estimate of drug-likeness (QED) is 0.587. The van der Waals surface area contributed by atoms with Crippen LogP contribution in [0.3, 0.4) is 0 Å². The molecule has 0 spiro atoms. The summed E-state index contributed by atoms with van der Waals surface area (Å²) in [7, 11) is 0. The van der Waals surface area contributed by atoms with Gasteiger partial charge in [0, 0.05) is 0 Å². The zero-order valence-corrected chi connectivity index (χ0v) is 15.6. The van der Waals surface area contributed by atoms with Gasteiger partial charge in [-0.3, -0.25) is 0 Å². The summed E-state index contributed by atoms with van der Waals surface area (Å²) in [6, 6.07) is 19.8. The summed E-state index contributed by atoms with van der Waals surface area (Å²) in [5.74, 6) is 1.64. The van der Waals surface area contributed by atoms with E-state index in [9.17, 15) is 5.26 Å². The van der Waals surface area contributed by atoms with Crippen molar-refractivity contribution < 1.29 is 4.74 Å². The molecule has 0 heterocycles. The van der Waals surface area contributed by atoms with Crippen molar-refractivity contribution in [1.29, 1.82) is 5.26 Å². The summed E-state index contributed by atoms with van der Waals surface area (Å²) < 4.78 is 6.16. The van der Waals surface area contributed by atoms with Crippen molar-refractivity contribution in [3.05, 3.63) is 70.7 Å². The molecule has 0 saturated heterocycles. The second-order valence-corrected chi connectivity index (χ2v) is 7.93.